The molecule has 1 aliphatic heterocycles. The highest BCUT2D eigenvalue weighted by Gasteiger charge is 2.37. The molecule has 0 spiro atoms. The molecule has 1 aliphatic rings. The van der Waals surface area contributed by atoms with Crippen LogP contribution in [0.2, 0.25) is 0 Å². The number of nitrogens with zero attached hydrogens (tertiary/aromatic N) is 2. The van der Waals surface area contributed by atoms with Crippen LogP contribution in [0.15, 0.2) is 12.3 Å². The Morgan fingerprint density at radius 1 is 1.45 bits per heavy atom. The van der Waals surface area contributed by atoms with Gasteiger partial charge in [-0.25, -0.2) is 4.79 Å². The maximum absolute atomic E-state index is 11.9. The second-order valence-electron chi connectivity index (χ2n) is 7.04. The maximum atomic E-state index is 11.9. The second-order valence-corrected chi connectivity index (χ2v) is 7.04. The fourth-order valence-corrected chi connectivity index (χ4v) is 3.04. The quantitative estimate of drug-likeness (QED) is 0.870. The Morgan fingerprint density at radius 2 is 2.23 bits per heavy atom. The molecular weight excluding hydrogens is 280 g/mol. The Hall–Kier alpha value is -1.56. The molecule has 0 unspecified atom stereocenters. The van der Waals surface area contributed by atoms with E-state index in [9.17, 15) is 4.79 Å². The minimum atomic E-state index is -0.110. The van der Waals surface area contributed by atoms with Crippen molar-refractivity contribution in [3.8, 4) is 0 Å². The lowest BCUT2D eigenvalue weighted by Crippen LogP contribution is -2.43. The van der Waals surface area contributed by atoms with E-state index in [2.05, 4.69) is 36.5 Å². The van der Waals surface area contributed by atoms with E-state index in [0.29, 0.717) is 19.0 Å². The summed E-state index contributed by atoms with van der Waals surface area (Å²) in [4.78, 5) is 11.9. The molecule has 2 rings (SSSR count). The van der Waals surface area contributed by atoms with Gasteiger partial charge in [-0.05, 0) is 17.9 Å². The molecule has 0 saturated carbocycles. The number of carbonyl (C=O) groups is 1. The number of rotatable bonds is 5. The first-order valence-electron chi connectivity index (χ1n) is 7.98. The Bertz CT molecular complexity index is 493. The summed E-state index contributed by atoms with van der Waals surface area (Å²) in [6, 6.07) is 1.85. The lowest BCUT2D eigenvalue weighted by molar-refractivity contribution is 0.00775. The number of hydrogen-bond acceptors (Lipinski definition) is 3. The van der Waals surface area contributed by atoms with E-state index >= 15 is 0 Å². The van der Waals surface area contributed by atoms with Crippen LogP contribution in [0.3, 0.4) is 0 Å². The molecule has 0 bridgehead atoms. The molecule has 0 radical (unpaired) electrons. The molecule has 2 atom stereocenters. The first-order valence-corrected chi connectivity index (χ1v) is 7.98. The molecule has 22 heavy (non-hydrogen) atoms. The first-order chi connectivity index (χ1) is 10.4. The predicted octanol–water partition coefficient (Wildman–Crippen LogP) is 1.71. The molecular formula is C16H28N4O2. The van der Waals surface area contributed by atoms with Gasteiger partial charge in [-0.1, -0.05) is 20.8 Å². The average Bonchev–Trinajstić information content (AvgIpc) is 3.05. The van der Waals surface area contributed by atoms with Crippen molar-refractivity contribution < 1.29 is 9.53 Å². The molecule has 1 fully saturated rings. The van der Waals surface area contributed by atoms with E-state index in [-0.39, 0.29) is 17.6 Å². The Balaban J connectivity index is 1.68. The van der Waals surface area contributed by atoms with Gasteiger partial charge < -0.3 is 15.4 Å². The zero-order chi connectivity index (χ0) is 16.2. The third kappa shape index (κ3) is 4.47. The maximum Gasteiger partial charge on any atom is 0.314 e. The predicted molar refractivity (Wildman–Crippen MR) is 85.6 cm³/mol. The van der Waals surface area contributed by atoms with Crippen molar-refractivity contribution in [2.45, 2.75) is 39.7 Å². The summed E-state index contributed by atoms with van der Waals surface area (Å²) >= 11 is 0. The third-order valence-electron chi connectivity index (χ3n) is 4.18. The minimum absolute atomic E-state index is 0.110. The molecule has 1 aromatic rings. The van der Waals surface area contributed by atoms with Crippen LogP contribution in [0.1, 0.15) is 32.9 Å². The second kappa shape index (κ2) is 7.13. The molecule has 6 heteroatoms. The van der Waals surface area contributed by atoms with Gasteiger partial charge in [0.2, 0.25) is 0 Å². The van der Waals surface area contributed by atoms with E-state index in [1.165, 1.54) is 0 Å². The molecule has 2 N–H and O–H groups in total. The lowest BCUT2D eigenvalue weighted by Gasteiger charge is -2.31. The first kappa shape index (κ1) is 16.8. The van der Waals surface area contributed by atoms with Crippen LogP contribution >= 0.6 is 0 Å². The topological polar surface area (TPSA) is 68.2 Å². The van der Waals surface area contributed by atoms with Crippen LogP contribution in [0.25, 0.3) is 0 Å². The van der Waals surface area contributed by atoms with E-state index in [0.717, 1.165) is 25.1 Å². The Kier molecular flexibility index (Phi) is 5.45. The van der Waals surface area contributed by atoms with Crippen LogP contribution in [0.4, 0.5) is 4.79 Å². The third-order valence-corrected chi connectivity index (χ3v) is 4.18. The summed E-state index contributed by atoms with van der Waals surface area (Å²) < 4.78 is 7.65. The summed E-state index contributed by atoms with van der Waals surface area (Å²) in [6.07, 6.45) is 3.77. The largest absolute Gasteiger partial charge is 0.377 e. The van der Waals surface area contributed by atoms with Gasteiger partial charge in [-0.3, -0.25) is 4.68 Å². The highest BCUT2D eigenvalue weighted by molar-refractivity contribution is 5.73. The highest BCUT2D eigenvalue weighted by Crippen LogP contribution is 2.34. The van der Waals surface area contributed by atoms with Crippen molar-refractivity contribution in [1.82, 2.24) is 20.4 Å². The van der Waals surface area contributed by atoms with E-state index < -0.39 is 0 Å². The summed E-state index contributed by atoms with van der Waals surface area (Å²) in [6.45, 7) is 8.61. The summed E-state index contributed by atoms with van der Waals surface area (Å²) in [5.74, 6) is 0.392. The molecule has 2 heterocycles. The molecule has 0 aromatic carbocycles. The number of aryl methyl sites for hydroxylation is 1. The minimum Gasteiger partial charge on any atom is -0.377 e. The van der Waals surface area contributed by atoms with Crippen LogP contribution in [-0.4, -0.2) is 41.6 Å². The SMILES string of the molecule is Cn1nccc1CCNC(=O)NC[C@H]1CCO[C@@H]1C(C)(C)C. The van der Waals surface area contributed by atoms with Gasteiger partial charge >= 0.3 is 6.03 Å². The van der Waals surface area contributed by atoms with Gasteiger partial charge in [-0.2, -0.15) is 5.10 Å². The Labute approximate surface area is 132 Å². The zero-order valence-corrected chi connectivity index (χ0v) is 14.1. The van der Waals surface area contributed by atoms with Crippen LogP contribution in [-0.2, 0) is 18.2 Å². The van der Waals surface area contributed by atoms with Crippen LogP contribution in [0, 0.1) is 11.3 Å². The van der Waals surface area contributed by atoms with E-state index in [1.807, 2.05) is 17.8 Å². The zero-order valence-electron chi connectivity index (χ0n) is 14.1. The average molecular weight is 308 g/mol. The number of amides is 2. The standard InChI is InChI=1S/C16H28N4O2/c1-16(2,3)14-12(7-10-22-14)11-18-15(21)17-8-5-13-6-9-19-20(13)4/h6,9,12,14H,5,7-8,10-11H2,1-4H3,(H2,17,18,21)/t12-,14+/m1/s1. The number of aromatic nitrogens is 2. The smallest absolute Gasteiger partial charge is 0.314 e. The molecule has 1 saturated heterocycles. The molecule has 6 nitrogen and oxygen atoms in total. The normalized spacial score (nSPS) is 21.8. The number of hydrogen-bond donors (Lipinski definition) is 2. The summed E-state index contributed by atoms with van der Waals surface area (Å²) in [5.41, 5.74) is 1.22. The highest BCUT2D eigenvalue weighted by atomic mass is 16.5. The van der Waals surface area contributed by atoms with Gasteiger partial charge in [0.05, 0.1) is 6.10 Å². The Morgan fingerprint density at radius 3 is 2.86 bits per heavy atom. The van der Waals surface area contributed by atoms with Crippen LogP contribution in [0.5, 0.6) is 0 Å². The van der Waals surface area contributed by atoms with Crippen molar-refractivity contribution in [2.24, 2.45) is 18.4 Å². The number of urea groups is 1. The number of nitrogens with one attached hydrogen (secondary N) is 2. The van der Waals surface area contributed by atoms with Crippen molar-refractivity contribution in [3.63, 3.8) is 0 Å². The number of ether oxygens (including phenoxy) is 1. The van der Waals surface area contributed by atoms with Crippen LogP contribution < -0.4 is 10.6 Å². The van der Waals surface area contributed by atoms with E-state index in [4.69, 9.17) is 4.74 Å². The van der Waals surface area contributed by atoms with Gasteiger partial charge in [0, 0.05) is 51.0 Å². The molecule has 1 aromatic heterocycles. The van der Waals surface area contributed by atoms with Crippen molar-refractivity contribution >= 4 is 6.03 Å². The lowest BCUT2D eigenvalue weighted by atomic mass is 9.81. The fraction of sp³-hybridized carbons (Fsp3) is 0.750. The van der Waals surface area contributed by atoms with Gasteiger partial charge in [0.25, 0.3) is 0 Å². The van der Waals surface area contributed by atoms with Crippen molar-refractivity contribution in [2.75, 3.05) is 19.7 Å². The van der Waals surface area contributed by atoms with Crippen molar-refractivity contribution in [1.29, 1.82) is 0 Å². The van der Waals surface area contributed by atoms with Crippen molar-refractivity contribution in [3.05, 3.63) is 18.0 Å². The monoisotopic (exact) mass is 308 g/mol. The van der Waals surface area contributed by atoms with Gasteiger partial charge in [0.1, 0.15) is 0 Å². The van der Waals surface area contributed by atoms with Gasteiger partial charge in [-0.15, -0.1) is 0 Å². The summed E-state index contributed by atoms with van der Waals surface area (Å²) in [7, 11) is 1.90. The van der Waals surface area contributed by atoms with Gasteiger partial charge in [0.15, 0.2) is 0 Å². The summed E-state index contributed by atoms with van der Waals surface area (Å²) in [5, 5.41) is 9.97. The fourth-order valence-electron chi connectivity index (χ4n) is 3.04. The number of carbonyl (C=O) groups excluding carboxylic acids is 1. The molecule has 0 aliphatic carbocycles. The van der Waals surface area contributed by atoms with E-state index in [1.54, 1.807) is 6.20 Å². The molecule has 2 amide bonds. The molecule has 124 valence electrons.